The zero-order chi connectivity index (χ0) is 57.4. The minimum atomic E-state index is -1.79. The van der Waals surface area contributed by atoms with Gasteiger partial charge in [-0.05, 0) is 57.8 Å². The van der Waals surface area contributed by atoms with E-state index in [0.29, 0.717) is 12.8 Å². The molecule has 464 valence electrons. The van der Waals surface area contributed by atoms with Gasteiger partial charge in [-0.25, -0.2) is 0 Å². The van der Waals surface area contributed by atoms with Crippen molar-refractivity contribution in [2.75, 3.05) is 19.8 Å². The fourth-order valence-electron chi connectivity index (χ4n) is 10.8. The molecule has 0 saturated carbocycles. The van der Waals surface area contributed by atoms with Gasteiger partial charge in [0.1, 0.15) is 48.8 Å². The van der Waals surface area contributed by atoms with Crippen LogP contribution in [0.3, 0.4) is 0 Å². The monoisotopic (exact) mass is 1120 g/mol. The fraction of sp³-hybridized carbons (Fsp3) is 0.892. The maximum absolute atomic E-state index is 13.3. The van der Waals surface area contributed by atoms with Crippen molar-refractivity contribution in [2.24, 2.45) is 0 Å². The van der Waals surface area contributed by atoms with E-state index >= 15 is 0 Å². The number of rotatable bonds is 53. The number of aliphatic hydroxyl groups excluding tert-OH is 8. The van der Waals surface area contributed by atoms with Crippen LogP contribution in [-0.4, -0.2) is 140 Å². The molecular weight excluding hydrogens is 1000 g/mol. The SMILES string of the molecule is CCCCCCCCCC/C=C\CCCCCCCCCCCCCCCCCCCCCC(=O)NC(COC1OC(CO)C(OC2OC(CO)C(O)C(O)C2O)C(O)C1O)C(O)/C=C/CC/C=C/CCCCCCCCCC. The van der Waals surface area contributed by atoms with Gasteiger partial charge in [0.25, 0.3) is 0 Å². The lowest BCUT2D eigenvalue weighted by Crippen LogP contribution is -2.65. The summed E-state index contributed by atoms with van der Waals surface area (Å²) in [6.07, 6.45) is 46.4. The number of hydrogen-bond donors (Lipinski definition) is 9. The Kier molecular flexibility index (Phi) is 47.0. The average Bonchev–Trinajstić information content (AvgIpc) is 3.55. The van der Waals surface area contributed by atoms with E-state index in [2.05, 4.69) is 43.5 Å². The number of unbranched alkanes of at least 4 members (excludes halogenated alkanes) is 36. The van der Waals surface area contributed by atoms with Crippen LogP contribution < -0.4 is 5.32 Å². The second-order valence-electron chi connectivity index (χ2n) is 23.2. The number of carbonyl (C=O) groups is 1. The van der Waals surface area contributed by atoms with E-state index in [4.69, 9.17) is 18.9 Å². The normalized spacial score (nSPS) is 24.6. The van der Waals surface area contributed by atoms with E-state index in [9.17, 15) is 45.6 Å². The number of aliphatic hydroxyl groups is 8. The lowest BCUT2D eigenvalue weighted by Gasteiger charge is -2.46. The molecule has 1 amide bonds. The van der Waals surface area contributed by atoms with Gasteiger partial charge in [-0.1, -0.05) is 249 Å². The van der Waals surface area contributed by atoms with Gasteiger partial charge < -0.3 is 65.1 Å². The van der Waals surface area contributed by atoms with Gasteiger partial charge in [-0.15, -0.1) is 0 Å². The van der Waals surface area contributed by atoms with Gasteiger partial charge in [-0.2, -0.15) is 0 Å². The zero-order valence-electron chi connectivity index (χ0n) is 50.1. The van der Waals surface area contributed by atoms with Crippen LogP contribution in [0.5, 0.6) is 0 Å². The second kappa shape index (κ2) is 50.7. The van der Waals surface area contributed by atoms with Crippen molar-refractivity contribution in [1.29, 1.82) is 0 Å². The molecule has 0 radical (unpaired) electrons. The molecule has 2 aliphatic rings. The summed E-state index contributed by atoms with van der Waals surface area (Å²) in [5, 5.41) is 87.1. The lowest BCUT2D eigenvalue weighted by atomic mass is 9.97. The van der Waals surface area contributed by atoms with Crippen LogP contribution >= 0.6 is 0 Å². The van der Waals surface area contributed by atoms with E-state index in [0.717, 1.165) is 32.1 Å². The van der Waals surface area contributed by atoms with Crippen molar-refractivity contribution in [3.63, 3.8) is 0 Å². The Labute approximate surface area is 481 Å². The Morgan fingerprint density at radius 3 is 1.24 bits per heavy atom. The summed E-state index contributed by atoms with van der Waals surface area (Å²) in [5.74, 6) is -0.246. The molecule has 79 heavy (non-hydrogen) atoms. The predicted octanol–water partition coefficient (Wildman–Crippen LogP) is 12.2. The summed E-state index contributed by atoms with van der Waals surface area (Å²) >= 11 is 0. The molecule has 2 fully saturated rings. The van der Waals surface area contributed by atoms with Crippen LogP contribution in [0.25, 0.3) is 0 Å². The van der Waals surface area contributed by atoms with Gasteiger partial charge in [0.15, 0.2) is 12.6 Å². The van der Waals surface area contributed by atoms with E-state index < -0.39 is 86.8 Å². The van der Waals surface area contributed by atoms with Crippen molar-refractivity contribution in [3.8, 4) is 0 Å². The third-order valence-electron chi connectivity index (χ3n) is 16.0. The van der Waals surface area contributed by atoms with E-state index in [1.807, 2.05) is 6.08 Å². The molecule has 14 nitrogen and oxygen atoms in total. The van der Waals surface area contributed by atoms with Crippen molar-refractivity contribution >= 4 is 5.91 Å². The third kappa shape index (κ3) is 35.8. The molecule has 0 spiro atoms. The first kappa shape index (κ1) is 73.3. The van der Waals surface area contributed by atoms with Crippen LogP contribution in [-0.2, 0) is 23.7 Å². The molecule has 9 N–H and O–H groups in total. The Morgan fingerprint density at radius 2 is 0.810 bits per heavy atom. The molecule has 0 bridgehead atoms. The third-order valence-corrected chi connectivity index (χ3v) is 16.0. The average molecular weight is 1120 g/mol. The van der Waals surface area contributed by atoms with Gasteiger partial charge >= 0.3 is 0 Å². The quantitative estimate of drug-likeness (QED) is 0.0204. The summed E-state index contributed by atoms with van der Waals surface area (Å²) in [7, 11) is 0. The highest BCUT2D eigenvalue weighted by molar-refractivity contribution is 5.76. The highest BCUT2D eigenvalue weighted by Gasteiger charge is 2.51. The maximum atomic E-state index is 13.3. The molecule has 14 heteroatoms. The summed E-state index contributed by atoms with van der Waals surface area (Å²) in [6.45, 7) is 2.79. The Bertz CT molecular complexity index is 1460. The van der Waals surface area contributed by atoms with E-state index in [1.165, 1.54) is 212 Å². The molecule has 2 rings (SSSR count). The Morgan fingerprint density at radius 1 is 0.443 bits per heavy atom. The summed E-state index contributed by atoms with van der Waals surface area (Å²) in [5.41, 5.74) is 0. The zero-order valence-corrected chi connectivity index (χ0v) is 50.1. The molecular formula is C65H121NO13. The van der Waals surface area contributed by atoms with Crippen LogP contribution in [0, 0.1) is 0 Å². The van der Waals surface area contributed by atoms with Crippen LogP contribution in [0.1, 0.15) is 277 Å². The molecule has 2 saturated heterocycles. The highest BCUT2D eigenvalue weighted by atomic mass is 16.7. The molecule has 2 heterocycles. The largest absolute Gasteiger partial charge is 0.394 e. The van der Waals surface area contributed by atoms with Crippen LogP contribution in [0.4, 0.5) is 0 Å². The summed E-state index contributed by atoms with van der Waals surface area (Å²) < 4.78 is 22.8. The van der Waals surface area contributed by atoms with Crippen molar-refractivity contribution in [2.45, 2.75) is 351 Å². The first-order valence-corrected chi connectivity index (χ1v) is 32.7. The number of allylic oxidation sites excluding steroid dienone is 5. The Hall–Kier alpha value is -1.79. The van der Waals surface area contributed by atoms with Crippen LogP contribution in [0.2, 0.25) is 0 Å². The number of hydrogen-bond acceptors (Lipinski definition) is 13. The van der Waals surface area contributed by atoms with Crippen molar-refractivity contribution in [1.82, 2.24) is 5.32 Å². The topological polar surface area (TPSA) is 228 Å². The maximum Gasteiger partial charge on any atom is 0.220 e. The molecule has 0 aromatic heterocycles. The minimum Gasteiger partial charge on any atom is -0.394 e. The molecule has 2 aliphatic heterocycles. The van der Waals surface area contributed by atoms with Crippen molar-refractivity contribution < 1.29 is 64.6 Å². The molecule has 0 aromatic rings. The molecule has 12 atom stereocenters. The summed E-state index contributed by atoms with van der Waals surface area (Å²) in [6, 6.07) is -0.929. The number of ether oxygens (including phenoxy) is 4. The standard InChI is InChI=1S/C65H121NO13/c1-3-5-7-9-11-13-15-17-19-20-21-22-23-24-25-26-27-28-29-30-31-32-33-34-35-37-39-41-43-45-47-49-57(70)66-53(54(69)48-46-44-42-40-38-36-18-16-14-12-10-8-6-4-2)52-76-64-62(75)60(73)63(56(51-68)78-64)79-65-61(74)59(72)58(71)55(50-67)77-65/h20-21,38,40,46,48,53-56,58-65,67-69,71-75H,3-19,22-37,39,41-45,47,49-52H2,1-2H3,(H,66,70)/b21-20-,40-38+,48-46+. The smallest absolute Gasteiger partial charge is 0.220 e. The molecule has 12 unspecified atom stereocenters. The first-order chi connectivity index (χ1) is 38.6. The number of nitrogens with one attached hydrogen (secondary N) is 1. The number of amides is 1. The molecule has 0 aromatic carbocycles. The van der Waals surface area contributed by atoms with E-state index in [1.54, 1.807) is 6.08 Å². The van der Waals surface area contributed by atoms with Crippen LogP contribution in [0.15, 0.2) is 36.5 Å². The van der Waals surface area contributed by atoms with Crippen molar-refractivity contribution in [3.05, 3.63) is 36.5 Å². The fourth-order valence-corrected chi connectivity index (χ4v) is 10.8. The molecule has 0 aliphatic carbocycles. The highest BCUT2D eigenvalue weighted by Crippen LogP contribution is 2.30. The lowest BCUT2D eigenvalue weighted by molar-refractivity contribution is -0.359. The van der Waals surface area contributed by atoms with Gasteiger partial charge in [0.2, 0.25) is 5.91 Å². The first-order valence-electron chi connectivity index (χ1n) is 32.7. The van der Waals surface area contributed by atoms with Gasteiger partial charge in [0.05, 0.1) is 32.0 Å². The number of carbonyl (C=O) groups excluding carboxylic acids is 1. The second-order valence-corrected chi connectivity index (χ2v) is 23.2. The summed E-state index contributed by atoms with van der Waals surface area (Å²) in [4.78, 5) is 13.3. The van der Waals surface area contributed by atoms with Gasteiger partial charge in [-0.3, -0.25) is 4.79 Å². The predicted molar refractivity (Wildman–Crippen MR) is 318 cm³/mol. The minimum absolute atomic E-state index is 0.246. The van der Waals surface area contributed by atoms with E-state index in [-0.39, 0.29) is 18.9 Å². The Balaban J connectivity index is 1.65. The van der Waals surface area contributed by atoms with Gasteiger partial charge in [0, 0.05) is 6.42 Å².